The molecule has 0 bridgehead atoms. The zero-order valence-electron chi connectivity index (χ0n) is 10.7. The van der Waals surface area contributed by atoms with Crippen LogP contribution in [-0.4, -0.2) is 28.1 Å². The van der Waals surface area contributed by atoms with Gasteiger partial charge in [0.25, 0.3) is 5.91 Å². The van der Waals surface area contributed by atoms with E-state index in [9.17, 15) is 24.4 Å². The summed E-state index contributed by atoms with van der Waals surface area (Å²) in [5.74, 6) is -1.52. The molecule has 0 heterocycles. The van der Waals surface area contributed by atoms with E-state index in [1.165, 1.54) is 6.07 Å². The number of aliphatic hydroxyl groups is 1. The molecule has 1 aliphatic rings. The van der Waals surface area contributed by atoms with Crippen molar-refractivity contribution in [2.45, 2.75) is 37.8 Å². The summed E-state index contributed by atoms with van der Waals surface area (Å²) in [6.07, 6.45) is 2.35. The minimum atomic E-state index is -1.04. The molecule has 1 aromatic rings. The SMILES string of the molecule is O=C(NC1CCCC(O)C1)c1ccc([N+](=O)[O-])c(F)c1. The van der Waals surface area contributed by atoms with Crippen LogP contribution in [-0.2, 0) is 0 Å². The lowest BCUT2D eigenvalue weighted by molar-refractivity contribution is -0.387. The molecule has 6 nitrogen and oxygen atoms in total. The lowest BCUT2D eigenvalue weighted by Gasteiger charge is -2.26. The molecule has 7 heteroatoms. The molecule has 1 fully saturated rings. The molecule has 2 N–H and O–H groups in total. The number of rotatable bonds is 3. The Morgan fingerprint density at radius 3 is 2.80 bits per heavy atom. The van der Waals surface area contributed by atoms with Crippen molar-refractivity contribution in [3.63, 3.8) is 0 Å². The topological polar surface area (TPSA) is 92.5 Å². The number of nitro benzene ring substituents is 1. The summed E-state index contributed by atoms with van der Waals surface area (Å²) >= 11 is 0. The second-order valence-corrected chi connectivity index (χ2v) is 4.91. The zero-order chi connectivity index (χ0) is 14.7. The monoisotopic (exact) mass is 282 g/mol. The maximum Gasteiger partial charge on any atom is 0.304 e. The number of carbonyl (C=O) groups excluding carboxylic acids is 1. The first-order valence-electron chi connectivity index (χ1n) is 6.40. The second kappa shape index (κ2) is 5.96. The van der Waals surface area contributed by atoms with Crippen LogP contribution < -0.4 is 5.32 Å². The van der Waals surface area contributed by atoms with Gasteiger partial charge in [-0.15, -0.1) is 0 Å². The summed E-state index contributed by atoms with van der Waals surface area (Å²) in [5.41, 5.74) is -0.622. The summed E-state index contributed by atoms with van der Waals surface area (Å²) in [7, 11) is 0. The fraction of sp³-hybridized carbons (Fsp3) is 0.462. The third-order valence-electron chi connectivity index (χ3n) is 3.39. The molecule has 0 aliphatic heterocycles. The van der Waals surface area contributed by atoms with Crippen molar-refractivity contribution < 1.29 is 19.2 Å². The van der Waals surface area contributed by atoms with Gasteiger partial charge in [-0.2, -0.15) is 4.39 Å². The van der Waals surface area contributed by atoms with E-state index in [2.05, 4.69) is 5.32 Å². The van der Waals surface area contributed by atoms with Crippen LogP contribution in [0.5, 0.6) is 0 Å². The van der Waals surface area contributed by atoms with Crippen LogP contribution in [0.3, 0.4) is 0 Å². The molecule has 1 aliphatic carbocycles. The molecule has 2 rings (SSSR count). The molecule has 0 spiro atoms. The first-order valence-corrected chi connectivity index (χ1v) is 6.40. The normalized spacial score (nSPS) is 22.3. The number of halogens is 1. The molecule has 0 saturated heterocycles. The average Bonchev–Trinajstić information content (AvgIpc) is 2.38. The van der Waals surface area contributed by atoms with Gasteiger partial charge in [-0.1, -0.05) is 0 Å². The van der Waals surface area contributed by atoms with E-state index in [-0.39, 0.29) is 11.6 Å². The number of nitro groups is 1. The Kier molecular flexibility index (Phi) is 4.29. The van der Waals surface area contributed by atoms with E-state index in [0.717, 1.165) is 31.4 Å². The van der Waals surface area contributed by atoms with E-state index in [4.69, 9.17) is 0 Å². The van der Waals surface area contributed by atoms with Crippen molar-refractivity contribution in [3.8, 4) is 0 Å². The highest BCUT2D eigenvalue weighted by atomic mass is 19.1. The number of hydrogen-bond donors (Lipinski definition) is 2. The first kappa shape index (κ1) is 14.4. The Morgan fingerprint density at radius 2 is 2.20 bits per heavy atom. The smallest absolute Gasteiger partial charge is 0.304 e. The molecule has 1 amide bonds. The number of nitrogens with one attached hydrogen (secondary N) is 1. The summed E-state index contributed by atoms with van der Waals surface area (Å²) in [6, 6.07) is 2.90. The van der Waals surface area contributed by atoms with Gasteiger partial charge in [-0.25, -0.2) is 0 Å². The highest BCUT2D eigenvalue weighted by Crippen LogP contribution is 2.20. The Bertz CT molecular complexity index is 535. The molecule has 1 saturated carbocycles. The van der Waals surface area contributed by atoms with E-state index in [0.29, 0.717) is 6.42 Å². The van der Waals surface area contributed by atoms with Crippen LogP contribution in [0.15, 0.2) is 18.2 Å². The van der Waals surface area contributed by atoms with E-state index < -0.39 is 28.4 Å². The summed E-state index contributed by atoms with van der Waals surface area (Å²) in [4.78, 5) is 21.6. The van der Waals surface area contributed by atoms with Crippen molar-refractivity contribution in [1.29, 1.82) is 0 Å². The Balaban J connectivity index is 2.05. The van der Waals surface area contributed by atoms with Crippen molar-refractivity contribution >= 4 is 11.6 Å². The van der Waals surface area contributed by atoms with Crippen LogP contribution in [0.1, 0.15) is 36.0 Å². The number of benzene rings is 1. The van der Waals surface area contributed by atoms with Gasteiger partial charge in [-0.05, 0) is 37.8 Å². The van der Waals surface area contributed by atoms with Gasteiger partial charge < -0.3 is 10.4 Å². The minimum Gasteiger partial charge on any atom is -0.393 e. The van der Waals surface area contributed by atoms with Crippen molar-refractivity contribution in [1.82, 2.24) is 5.32 Å². The predicted octanol–water partition coefficient (Wildman–Crippen LogP) is 1.77. The maximum absolute atomic E-state index is 13.4. The van der Waals surface area contributed by atoms with Gasteiger partial charge >= 0.3 is 5.69 Å². The quantitative estimate of drug-likeness (QED) is 0.652. The van der Waals surface area contributed by atoms with Crippen molar-refractivity contribution in [2.75, 3.05) is 0 Å². The largest absolute Gasteiger partial charge is 0.393 e. The molecule has 0 radical (unpaired) electrons. The van der Waals surface area contributed by atoms with Crippen molar-refractivity contribution in [2.24, 2.45) is 0 Å². The first-order chi connectivity index (χ1) is 9.47. The van der Waals surface area contributed by atoms with Crippen LogP contribution in [0, 0.1) is 15.9 Å². The molecule has 0 aromatic heterocycles. The van der Waals surface area contributed by atoms with Crippen LogP contribution in [0.4, 0.5) is 10.1 Å². The van der Waals surface area contributed by atoms with Gasteiger partial charge in [-0.3, -0.25) is 14.9 Å². The number of amides is 1. The van der Waals surface area contributed by atoms with Gasteiger partial charge in [0.1, 0.15) is 0 Å². The minimum absolute atomic E-state index is 0.0353. The average molecular weight is 282 g/mol. The second-order valence-electron chi connectivity index (χ2n) is 4.91. The molecular formula is C13H15FN2O4. The number of hydrogen-bond acceptors (Lipinski definition) is 4. The zero-order valence-corrected chi connectivity index (χ0v) is 10.7. The van der Waals surface area contributed by atoms with Crippen LogP contribution in [0.25, 0.3) is 0 Å². The summed E-state index contributed by atoms with van der Waals surface area (Å²) in [6.45, 7) is 0. The number of nitrogens with zero attached hydrogens (tertiary/aromatic N) is 1. The van der Waals surface area contributed by atoms with Gasteiger partial charge in [0, 0.05) is 17.7 Å². The highest BCUT2D eigenvalue weighted by Gasteiger charge is 2.23. The van der Waals surface area contributed by atoms with E-state index in [1.807, 2.05) is 0 Å². The number of carbonyl (C=O) groups is 1. The van der Waals surface area contributed by atoms with Crippen molar-refractivity contribution in [3.05, 3.63) is 39.7 Å². The molecule has 2 unspecified atom stereocenters. The lowest BCUT2D eigenvalue weighted by atomic mass is 9.93. The third kappa shape index (κ3) is 3.30. The Morgan fingerprint density at radius 1 is 1.45 bits per heavy atom. The number of aliphatic hydroxyl groups excluding tert-OH is 1. The fourth-order valence-electron chi connectivity index (χ4n) is 2.36. The molecule has 108 valence electrons. The maximum atomic E-state index is 13.4. The summed E-state index contributed by atoms with van der Waals surface area (Å²) < 4.78 is 13.4. The summed E-state index contributed by atoms with van der Waals surface area (Å²) in [5, 5.41) is 22.7. The standard InChI is InChI=1S/C13H15FN2O4/c14-11-6-8(4-5-12(11)16(19)20)13(18)15-9-2-1-3-10(17)7-9/h4-6,9-10,17H,1-3,7H2,(H,15,18). The lowest BCUT2D eigenvalue weighted by Crippen LogP contribution is -2.39. The Labute approximate surface area is 114 Å². The predicted molar refractivity (Wildman–Crippen MR) is 68.8 cm³/mol. The van der Waals surface area contributed by atoms with Crippen LogP contribution >= 0.6 is 0 Å². The van der Waals surface area contributed by atoms with Gasteiger partial charge in [0.05, 0.1) is 11.0 Å². The van der Waals surface area contributed by atoms with E-state index >= 15 is 0 Å². The fourth-order valence-corrected chi connectivity index (χ4v) is 2.36. The highest BCUT2D eigenvalue weighted by molar-refractivity contribution is 5.94. The third-order valence-corrected chi connectivity index (χ3v) is 3.39. The Hall–Kier alpha value is -2.02. The van der Waals surface area contributed by atoms with Crippen LogP contribution in [0.2, 0.25) is 0 Å². The molecule has 2 atom stereocenters. The van der Waals surface area contributed by atoms with Gasteiger partial charge in [0.2, 0.25) is 5.82 Å². The van der Waals surface area contributed by atoms with Gasteiger partial charge in [0.15, 0.2) is 0 Å². The van der Waals surface area contributed by atoms with E-state index in [1.54, 1.807) is 0 Å². The molecule has 20 heavy (non-hydrogen) atoms. The molecular weight excluding hydrogens is 267 g/mol. The molecule has 1 aromatic carbocycles.